The summed E-state index contributed by atoms with van der Waals surface area (Å²) in [6.07, 6.45) is 0. The maximum Gasteiger partial charge on any atom is 0.265 e. The number of rotatable bonds is 4. The monoisotopic (exact) mass is 294 g/mol. The molecule has 0 bridgehead atoms. The summed E-state index contributed by atoms with van der Waals surface area (Å²) in [4.78, 5) is 0.126. The third-order valence-corrected chi connectivity index (χ3v) is 4.63. The number of anilines is 1. The molecule has 1 heterocycles. The second-order valence-corrected chi connectivity index (χ2v) is 6.37. The van der Waals surface area contributed by atoms with Gasteiger partial charge in [0.2, 0.25) is 0 Å². The largest absolute Gasteiger partial charge is 0.325 e. The molecular weight excluding hydrogens is 276 g/mol. The van der Waals surface area contributed by atoms with Crippen molar-refractivity contribution in [1.29, 1.82) is 0 Å². The molecule has 0 unspecified atom stereocenters. The number of aryl methyl sites for hydroxylation is 3. The van der Waals surface area contributed by atoms with Gasteiger partial charge >= 0.3 is 0 Å². The first-order valence-electron chi connectivity index (χ1n) is 6.19. The summed E-state index contributed by atoms with van der Waals surface area (Å²) in [6.45, 7) is 5.48. The zero-order valence-electron chi connectivity index (χ0n) is 11.7. The summed E-state index contributed by atoms with van der Waals surface area (Å²) < 4.78 is 27.6. The summed E-state index contributed by atoms with van der Waals surface area (Å²) in [5, 5.41) is 6.57. The van der Waals surface area contributed by atoms with Gasteiger partial charge in [-0.25, -0.2) is 8.42 Å². The molecular formula is C13H18N4O2S. The summed E-state index contributed by atoms with van der Waals surface area (Å²) in [7, 11) is -3.71. The summed E-state index contributed by atoms with van der Waals surface area (Å²) in [6, 6.07) is 5.60. The van der Waals surface area contributed by atoms with Gasteiger partial charge in [-0.15, -0.1) is 0 Å². The molecule has 0 spiro atoms. The zero-order chi connectivity index (χ0) is 14.9. The highest BCUT2D eigenvalue weighted by Crippen LogP contribution is 2.24. The van der Waals surface area contributed by atoms with E-state index in [1.165, 1.54) is 0 Å². The smallest absolute Gasteiger partial charge is 0.265 e. The fourth-order valence-corrected chi connectivity index (χ4v) is 3.51. The lowest BCUT2D eigenvalue weighted by atomic mass is 10.1. The minimum Gasteiger partial charge on any atom is -0.325 e. The van der Waals surface area contributed by atoms with Crippen molar-refractivity contribution in [2.24, 2.45) is 5.73 Å². The SMILES string of the molecule is Cc1ccc(C)c(NS(=O)(=O)c2c(CN)n[nH]c2C)c1. The third kappa shape index (κ3) is 2.68. The first kappa shape index (κ1) is 14.5. The molecule has 6 nitrogen and oxygen atoms in total. The van der Waals surface area contributed by atoms with Gasteiger partial charge in [-0.2, -0.15) is 5.10 Å². The number of sulfonamides is 1. The molecule has 0 aliphatic carbocycles. The minimum atomic E-state index is -3.71. The molecule has 0 radical (unpaired) electrons. The normalized spacial score (nSPS) is 11.6. The highest BCUT2D eigenvalue weighted by molar-refractivity contribution is 7.92. The number of nitrogens with two attached hydrogens (primary N) is 1. The average Bonchev–Trinajstić information content (AvgIpc) is 2.75. The van der Waals surface area contributed by atoms with Crippen molar-refractivity contribution in [3.63, 3.8) is 0 Å². The molecule has 0 aliphatic heterocycles. The van der Waals surface area contributed by atoms with E-state index >= 15 is 0 Å². The van der Waals surface area contributed by atoms with Crippen LogP contribution < -0.4 is 10.5 Å². The lowest BCUT2D eigenvalue weighted by Crippen LogP contribution is -2.17. The Labute approximate surface area is 118 Å². The Bertz CT molecular complexity index is 735. The average molecular weight is 294 g/mol. The van der Waals surface area contributed by atoms with Crippen LogP contribution >= 0.6 is 0 Å². The predicted molar refractivity (Wildman–Crippen MR) is 77.9 cm³/mol. The van der Waals surface area contributed by atoms with Crippen molar-refractivity contribution in [2.75, 3.05) is 4.72 Å². The molecule has 1 aromatic heterocycles. The Balaban J connectivity index is 2.46. The van der Waals surface area contributed by atoms with Gasteiger partial charge < -0.3 is 5.73 Å². The Morgan fingerprint density at radius 1 is 1.30 bits per heavy atom. The van der Waals surface area contributed by atoms with Gasteiger partial charge in [-0.1, -0.05) is 12.1 Å². The Kier molecular flexibility index (Phi) is 3.82. The highest BCUT2D eigenvalue weighted by atomic mass is 32.2. The predicted octanol–water partition coefficient (Wildman–Crippen LogP) is 1.59. The van der Waals surface area contributed by atoms with Crippen molar-refractivity contribution in [2.45, 2.75) is 32.2 Å². The van der Waals surface area contributed by atoms with Gasteiger partial charge in [0.1, 0.15) is 4.90 Å². The van der Waals surface area contributed by atoms with Crippen molar-refractivity contribution >= 4 is 15.7 Å². The molecule has 0 saturated carbocycles. The lowest BCUT2D eigenvalue weighted by Gasteiger charge is -2.11. The molecule has 20 heavy (non-hydrogen) atoms. The van der Waals surface area contributed by atoms with Crippen LogP contribution in [0.1, 0.15) is 22.5 Å². The maximum absolute atomic E-state index is 12.5. The molecule has 0 amide bonds. The van der Waals surface area contributed by atoms with Crippen LogP contribution in [0.3, 0.4) is 0 Å². The van der Waals surface area contributed by atoms with Crippen molar-refractivity contribution in [3.05, 3.63) is 40.7 Å². The van der Waals surface area contributed by atoms with Crippen molar-refractivity contribution in [3.8, 4) is 0 Å². The van der Waals surface area contributed by atoms with E-state index in [9.17, 15) is 8.42 Å². The van der Waals surface area contributed by atoms with E-state index in [-0.39, 0.29) is 11.4 Å². The molecule has 2 rings (SSSR count). The van der Waals surface area contributed by atoms with Crippen LogP contribution in [0.4, 0.5) is 5.69 Å². The molecule has 0 saturated heterocycles. The van der Waals surface area contributed by atoms with E-state index in [0.717, 1.165) is 11.1 Å². The number of hydrogen-bond donors (Lipinski definition) is 3. The highest BCUT2D eigenvalue weighted by Gasteiger charge is 2.24. The quantitative estimate of drug-likeness (QED) is 0.797. The fourth-order valence-electron chi connectivity index (χ4n) is 2.01. The van der Waals surface area contributed by atoms with Crippen LogP contribution in [-0.4, -0.2) is 18.6 Å². The molecule has 0 atom stereocenters. The second-order valence-electron chi connectivity index (χ2n) is 4.75. The summed E-state index contributed by atoms with van der Waals surface area (Å²) in [5.74, 6) is 0. The Hall–Kier alpha value is -1.86. The first-order valence-corrected chi connectivity index (χ1v) is 7.67. The van der Waals surface area contributed by atoms with Gasteiger partial charge in [0.25, 0.3) is 10.0 Å². The van der Waals surface area contributed by atoms with Gasteiger partial charge in [0, 0.05) is 6.54 Å². The van der Waals surface area contributed by atoms with Gasteiger partial charge in [0.15, 0.2) is 0 Å². The van der Waals surface area contributed by atoms with Crippen LogP contribution in [0, 0.1) is 20.8 Å². The number of aromatic amines is 1. The van der Waals surface area contributed by atoms with E-state index in [2.05, 4.69) is 14.9 Å². The number of H-pyrrole nitrogens is 1. The maximum atomic E-state index is 12.5. The summed E-state index contributed by atoms with van der Waals surface area (Å²) in [5.41, 5.74) is 8.74. The third-order valence-electron chi connectivity index (χ3n) is 3.06. The van der Waals surface area contributed by atoms with Crippen LogP contribution in [0.5, 0.6) is 0 Å². The number of benzene rings is 1. The minimum absolute atomic E-state index is 0.0629. The van der Waals surface area contributed by atoms with Crippen LogP contribution in [0.25, 0.3) is 0 Å². The molecule has 1 aromatic carbocycles. The molecule has 4 N–H and O–H groups in total. The number of nitrogens with zero attached hydrogens (tertiary/aromatic N) is 1. The van der Waals surface area contributed by atoms with Crippen molar-refractivity contribution in [1.82, 2.24) is 10.2 Å². The van der Waals surface area contributed by atoms with Crippen molar-refractivity contribution < 1.29 is 8.42 Å². The number of hydrogen-bond acceptors (Lipinski definition) is 4. The standard InChI is InChI=1S/C13H18N4O2S/c1-8-4-5-9(2)11(6-8)17-20(18,19)13-10(3)15-16-12(13)7-14/h4-6,17H,7,14H2,1-3H3,(H,15,16). The topological polar surface area (TPSA) is 101 Å². The molecule has 108 valence electrons. The Morgan fingerprint density at radius 3 is 2.65 bits per heavy atom. The van der Waals surface area contributed by atoms with Gasteiger partial charge in [-0.05, 0) is 38.0 Å². The van der Waals surface area contributed by atoms with E-state index in [0.29, 0.717) is 17.1 Å². The molecule has 7 heteroatoms. The van der Waals surface area contributed by atoms with E-state index in [1.807, 2.05) is 26.0 Å². The lowest BCUT2D eigenvalue weighted by molar-refractivity contribution is 0.599. The Morgan fingerprint density at radius 2 is 2.00 bits per heavy atom. The number of nitrogens with one attached hydrogen (secondary N) is 2. The summed E-state index contributed by atoms with van der Waals surface area (Å²) >= 11 is 0. The van der Waals surface area contributed by atoms with E-state index < -0.39 is 10.0 Å². The number of aromatic nitrogens is 2. The van der Waals surface area contributed by atoms with E-state index in [1.54, 1.807) is 13.0 Å². The van der Waals surface area contributed by atoms with Crippen LogP contribution in [0.2, 0.25) is 0 Å². The first-order chi connectivity index (χ1) is 9.35. The van der Waals surface area contributed by atoms with Crippen LogP contribution in [-0.2, 0) is 16.6 Å². The van der Waals surface area contributed by atoms with Gasteiger partial charge in [-0.3, -0.25) is 9.82 Å². The zero-order valence-corrected chi connectivity index (χ0v) is 12.5. The van der Waals surface area contributed by atoms with Crippen LogP contribution in [0.15, 0.2) is 23.1 Å². The second kappa shape index (κ2) is 5.26. The van der Waals surface area contributed by atoms with E-state index in [4.69, 9.17) is 5.73 Å². The fraction of sp³-hybridized carbons (Fsp3) is 0.308. The molecule has 0 aliphatic rings. The van der Waals surface area contributed by atoms with Gasteiger partial charge in [0.05, 0.1) is 17.1 Å². The molecule has 0 fully saturated rings. The molecule has 2 aromatic rings.